The first-order valence-corrected chi connectivity index (χ1v) is 7.98. The molecule has 0 aliphatic rings. The van der Waals surface area contributed by atoms with E-state index >= 15 is 0 Å². The van der Waals surface area contributed by atoms with E-state index in [1.165, 1.54) is 4.90 Å². The number of rotatable bonds is 4. The summed E-state index contributed by atoms with van der Waals surface area (Å²) >= 11 is 5.18. The van der Waals surface area contributed by atoms with Crippen LogP contribution in [0.2, 0.25) is 0 Å². The molecular weight excluding hydrogens is 334 g/mol. The highest BCUT2D eigenvalue weighted by Crippen LogP contribution is 2.26. The van der Waals surface area contributed by atoms with Gasteiger partial charge in [-0.25, -0.2) is 0 Å². The van der Waals surface area contributed by atoms with Crippen LogP contribution < -0.4 is 0 Å². The SMILES string of the molecule is Brc1ccc(SCc2cc(-c3ccccc3)on2)cc1. The molecule has 0 fully saturated rings. The van der Waals surface area contributed by atoms with Crippen molar-refractivity contribution in [1.29, 1.82) is 0 Å². The van der Waals surface area contributed by atoms with Gasteiger partial charge in [0.05, 0.1) is 5.69 Å². The summed E-state index contributed by atoms with van der Waals surface area (Å²) in [5.41, 5.74) is 2.01. The monoisotopic (exact) mass is 345 g/mol. The van der Waals surface area contributed by atoms with Gasteiger partial charge in [-0.1, -0.05) is 51.4 Å². The Balaban J connectivity index is 1.67. The molecular formula is C16H12BrNOS. The second kappa shape index (κ2) is 6.29. The molecule has 2 aromatic carbocycles. The first kappa shape index (κ1) is 13.5. The molecule has 0 aliphatic carbocycles. The van der Waals surface area contributed by atoms with Gasteiger partial charge in [0.2, 0.25) is 0 Å². The van der Waals surface area contributed by atoms with E-state index in [0.717, 1.165) is 27.2 Å². The quantitative estimate of drug-likeness (QED) is 0.592. The Morgan fingerprint density at radius 2 is 1.75 bits per heavy atom. The minimum absolute atomic E-state index is 0.804. The van der Waals surface area contributed by atoms with Crippen molar-refractivity contribution in [3.05, 3.63) is 70.8 Å². The highest BCUT2D eigenvalue weighted by Gasteiger charge is 2.06. The van der Waals surface area contributed by atoms with E-state index in [9.17, 15) is 0 Å². The Labute approximate surface area is 130 Å². The third-order valence-electron chi connectivity index (χ3n) is 2.82. The number of hydrogen-bond donors (Lipinski definition) is 0. The highest BCUT2D eigenvalue weighted by atomic mass is 79.9. The molecule has 0 amide bonds. The van der Waals surface area contributed by atoms with E-state index in [1.807, 2.05) is 48.5 Å². The maximum Gasteiger partial charge on any atom is 0.167 e. The third kappa shape index (κ3) is 3.32. The molecule has 100 valence electrons. The van der Waals surface area contributed by atoms with E-state index in [0.29, 0.717) is 0 Å². The van der Waals surface area contributed by atoms with Crippen molar-refractivity contribution in [2.75, 3.05) is 0 Å². The molecule has 1 aromatic heterocycles. The van der Waals surface area contributed by atoms with Crippen molar-refractivity contribution in [3.63, 3.8) is 0 Å². The molecule has 2 nitrogen and oxygen atoms in total. The van der Waals surface area contributed by atoms with Crippen molar-refractivity contribution < 1.29 is 4.52 Å². The number of thioether (sulfide) groups is 1. The van der Waals surface area contributed by atoms with Crippen LogP contribution in [0.15, 0.2) is 74.6 Å². The molecule has 0 aliphatic heterocycles. The normalized spacial score (nSPS) is 10.7. The van der Waals surface area contributed by atoms with Crippen LogP contribution in [0.3, 0.4) is 0 Å². The van der Waals surface area contributed by atoms with Gasteiger partial charge in [0, 0.05) is 26.8 Å². The van der Waals surface area contributed by atoms with Gasteiger partial charge in [-0.05, 0) is 24.3 Å². The molecule has 0 saturated carbocycles. The first-order chi connectivity index (χ1) is 9.81. The molecule has 0 unspecified atom stereocenters. The molecule has 0 atom stereocenters. The van der Waals surface area contributed by atoms with Crippen molar-refractivity contribution in [3.8, 4) is 11.3 Å². The van der Waals surface area contributed by atoms with Crippen LogP contribution in [0.4, 0.5) is 0 Å². The zero-order valence-electron chi connectivity index (χ0n) is 10.6. The number of benzene rings is 2. The van der Waals surface area contributed by atoms with E-state index in [2.05, 4.69) is 33.2 Å². The molecule has 20 heavy (non-hydrogen) atoms. The minimum atomic E-state index is 0.804. The van der Waals surface area contributed by atoms with Gasteiger partial charge in [-0.3, -0.25) is 0 Å². The molecule has 0 N–H and O–H groups in total. The average Bonchev–Trinajstić information content (AvgIpc) is 2.97. The van der Waals surface area contributed by atoms with Crippen LogP contribution in [0.5, 0.6) is 0 Å². The van der Waals surface area contributed by atoms with Crippen molar-refractivity contribution >= 4 is 27.7 Å². The van der Waals surface area contributed by atoms with Crippen LogP contribution in [0.1, 0.15) is 5.69 Å². The lowest BCUT2D eigenvalue weighted by Gasteiger charge is -1.98. The van der Waals surface area contributed by atoms with Crippen molar-refractivity contribution in [1.82, 2.24) is 5.16 Å². The molecule has 3 rings (SSSR count). The van der Waals surface area contributed by atoms with E-state index in [4.69, 9.17) is 4.52 Å². The van der Waals surface area contributed by atoms with Crippen LogP contribution in [0, 0.1) is 0 Å². The molecule has 3 aromatic rings. The fourth-order valence-electron chi connectivity index (χ4n) is 1.81. The molecule has 0 radical (unpaired) electrons. The Kier molecular flexibility index (Phi) is 4.23. The maximum atomic E-state index is 5.39. The third-order valence-corrected chi connectivity index (χ3v) is 4.39. The Bertz CT molecular complexity index is 679. The number of hydrogen-bond acceptors (Lipinski definition) is 3. The van der Waals surface area contributed by atoms with Crippen LogP contribution >= 0.6 is 27.7 Å². The molecule has 0 saturated heterocycles. The zero-order chi connectivity index (χ0) is 13.8. The Hall–Kier alpha value is -1.52. The fraction of sp³-hybridized carbons (Fsp3) is 0.0625. The van der Waals surface area contributed by atoms with Gasteiger partial charge in [0.1, 0.15) is 0 Å². The standard InChI is InChI=1S/C16H12BrNOS/c17-13-6-8-15(9-7-13)20-11-14-10-16(19-18-14)12-4-2-1-3-5-12/h1-10H,11H2. The van der Waals surface area contributed by atoms with Gasteiger partial charge in [-0.15, -0.1) is 11.8 Å². The van der Waals surface area contributed by atoms with Crippen LogP contribution in [-0.4, -0.2) is 5.16 Å². The van der Waals surface area contributed by atoms with Gasteiger partial charge < -0.3 is 4.52 Å². The second-order valence-electron chi connectivity index (χ2n) is 4.29. The summed E-state index contributed by atoms with van der Waals surface area (Å²) in [7, 11) is 0. The summed E-state index contributed by atoms with van der Waals surface area (Å²) in [6.07, 6.45) is 0. The summed E-state index contributed by atoms with van der Waals surface area (Å²) in [6, 6.07) is 20.3. The largest absolute Gasteiger partial charge is 0.356 e. The van der Waals surface area contributed by atoms with Gasteiger partial charge >= 0.3 is 0 Å². The van der Waals surface area contributed by atoms with E-state index in [1.54, 1.807) is 11.8 Å². The summed E-state index contributed by atoms with van der Waals surface area (Å²) in [5.74, 6) is 1.62. The smallest absolute Gasteiger partial charge is 0.167 e. The molecule has 0 spiro atoms. The second-order valence-corrected chi connectivity index (χ2v) is 6.26. The summed E-state index contributed by atoms with van der Waals surface area (Å²) in [5, 5.41) is 4.12. The molecule has 4 heteroatoms. The number of aromatic nitrogens is 1. The van der Waals surface area contributed by atoms with Crippen LogP contribution in [-0.2, 0) is 5.75 Å². The van der Waals surface area contributed by atoms with Gasteiger partial charge in [0.25, 0.3) is 0 Å². The van der Waals surface area contributed by atoms with Gasteiger partial charge in [0.15, 0.2) is 5.76 Å². The first-order valence-electron chi connectivity index (χ1n) is 6.21. The lowest BCUT2D eigenvalue weighted by Crippen LogP contribution is -1.79. The predicted molar refractivity (Wildman–Crippen MR) is 85.6 cm³/mol. The number of halogens is 1. The molecule has 0 bridgehead atoms. The van der Waals surface area contributed by atoms with Crippen molar-refractivity contribution in [2.24, 2.45) is 0 Å². The summed E-state index contributed by atoms with van der Waals surface area (Å²) in [6.45, 7) is 0. The predicted octanol–water partition coefficient (Wildman–Crippen LogP) is 5.40. The number of nitrogens with zero attached hydrogens (tertiary/aromatic N) is 1. The van der Waals surface area contributed by atoms with E-state index < -0.39 is 0 Å². The highest BCUT2D eigenvalue weighted by molar-refractivity contribution is 9.10. The lowest BCUT2D eigenvalue weighted by atomic mass is 10.2. The molecule has 1 heterocycles. The van der Waals surface area contributed by atoms with Gasteiger partial charge in [-0.2, -0.15) is 0 Å². The topological polar surface area (TPSA) is 26.0 Å². The average molecular weight is 346 g/mol. The van der Waals surface area contributed by atoms with Crippen LogP contribution in [0.25, 0.3) is 11.3 Å². The summed E-state index contributed by atoms with van der Waals surface area (Å²) < 4.78 is 6.48. The zero-order valence-corrected chi connectivity index (χ0v) is 13.0. The lowest BCUT2D eigenvalue weighted by molar-refractivity contribution is 0.426. The van der Waals surface area contributed by atoms with E-state index in [-0.39, 0.29) is 0 Å². The fourth-order valence-corrected chi connectivity index (χ4v) is 2.85. The maximum absolute atomic E-state index is 5.39. The Morgan fingerprint density at radius 3 is 2.50 bits per heavy atom. The minimum Gasteiger partial charge on any atom is -0.356 e. The Morgan fingerprint density at radius 1 is 1.00 bits per heavy atom. The summed E-state index contributed by atoms with van der Waals surface area (Å²) in [4.78, 5) is 1.22. The van der Waals surface area contributed by atoms with Crippen molar-refractivity contribution in [2.45, 2.75) is 10.6 Å².